The molecule has 0 aliphatic carbocycles. The zero-order valence-corrected chi connectivity index (χ0v) is 14.9. The van der Waals surface area contributed by atoms with Crippen LogP contribution in [0.4, 0.5) is 5.69 Å². The predicted molar refractivity (Wildman–Crippen MR) is 98.5 cm³/mol. The standard InChI is InChI=1S/C19H21NO3S/c1-13-7-8-17(14(2)9-13)20-18(21)12-24-11-15-5-4-6-16(10-15)19(22)23-3/h4-10H,11-12H2,1-3H3,(H,20,21). The lowest BCUT2D eigenvalue weighted by atomic mass is 10.1. The fourth-order valence-corrected chi connectivity index (χ4v) is 3.08. The molecular weight excluding hydrogens is 322 g/mol. The Kier molecular flexibility index (Phi) is 6.44. The van der Waals surface area contributed by atoms with Crippen molar-refractivity contribution < 1.29 is 14.3 Å². The van der Waals surface area contributed by atoms with Gasteiger partial charge in [-0.15, -0.1) is 11.8 Å². The maximum atomic E-state index is 12.1. The molecule has 0 fully saturated rings. The number of carbonyl (C=O) groups is 2. The SMILES string of the molecule is COC(=O)c1cccc(CSCC(=O)Nc2ccc(C)cc2C)c1. The third kappa shape index (κ3) is 5.13. The number of benzene rings is 2. The second-order valence-corrected chi connectivity index (χ2v) is 6.54. The Hall–Kier alpha value is -2.27. The molecule has 0 aliphatic heterocycles. The molecule has 126 valence electrons. The second kappa shape index (κ2) is 8.55. The molecule has 1 amide bonds. The maximum absolute atomic E-state index is 12.1. The summed E-state index contributed by atoms with van der Waals surface area (Å²) >= 11 is 1.51. The van der Waals surface area contributed by atoms with Crippen LogP contribution in [0, 0.1) is 13.8 Å². The number of thioether (sulfide) groups is 1. The van der Waals surface area contributed by atoms with E-state index in [0.29, 0.717) is 17.1 Å². The Balaban J connectivity index is 1.85. The minimum absolute atomic E-state index is 0.0314. The molecule has 2 rings (SSSR count). The van der Waals surface area contributed by atoms with Gasteiger partial charge in [-0.2, -0.15) is 0 Å². The number of hydrogen-bond acceptors (Lipinski definition) is 4. The second-order valence-electron chi connectivity index (χ2n) is 5.55. The number of esters is 1. The molecule has 0 aliphatic rings. The normalized spacial score (nSPS) is 10.3. The molecule has 1 N–H and O–H groups in total. The molecule has 24 heavy (non-hydrogen) atoms. The number of methoxy groups -OCH3 is 1. The smallest absolute Gasteiger partial charge is 0.337 e. The molecule has 0 radical (unpaired) electrons. The summed E-state index contributed by atoms with van der Waals surface area (Å²) in [4.78, 5) is 23.6. The van der Waals surface area contributed by atoms with Crippen molar-refractivity contribution in [3.05, 3.63) is 64.7 Å². The van der Waals surface area contributed by atoms with Gasteiger partial charge < -0.3 is 10.1 Å². The number of aryl methyl sites for hydroxylation is 2. The monoisotopic (exact) mass is 343 g/mol. The summed E-state index contributed by atoms with van der Waals surface area (Å²) in [7, 11) is 1.36. The first-order chi connectivity index (χ1) is 11.5. The van der Waals surface area contributed by atoms with Crippen LogP contribution in [0.15, 0.2) is 42.5 Å². The molecule has 5 heteroatoms. The van der Waals surface area contributed by atoms with E-state index < -0.39 is 0 Å². The zero-order valence-electron chi connectivity index (χ0n) is 14.1. The number of carbonyl (C=O) groups excluding carboxylic acids is 2. The van der Waals surface area contributed by atoms with Crippen LogP contribution >= 0.6 is 11.8 Å². The zero-order chi connectivity index (χ0) is 17.5. The third-order valence-electron chi connectivity index (χ3n) is 3.51. The molecule has 0 atom stereocenters. The van der Waals surface area contributed by atoms with Crippen LogP contribution in [-0.2, 0) is 15.3 Å². The predicted octanol–water partition coefficient (Wildman–Crippen LogP) is 3.96. The molecule has 0 saturated heterocycles. The molecule has 0 bridgehead atoms. The van der Waals surface area contributed by atoms with Crippen LogP contribution in [0.2, 0.25) is 0 Å². The van der Waals surface area contributed by atoms with Crippen molar-refractivity contribution in [1.29, 1.82) is 0 Å². The first-order valence-corrected chi connectivity index (χ1v) is 8.77. The van der Waals surface area contributed by atoms with Gasteiger partial charge in [0.15, 0.2) is 0 Å². The molecule has 2 aromatic rings. The summed E-state index contributed by atoms with van der Waals surface area (Å²) in [5.74, 6) is 0.631. The van der Waals surface area contributed by atoms with Gasteiger partial charge in [-0.25, -0.2) is 4.79 Å². The Morgan fingerprint density at radius 1 is 1.12 bits per heavy atom. The van der Waals surface area contributed by atoms with E-state index in [0.717, 1.165) is 16.8 Å². The number of anilines is 1. The van der Waals surface area contributed by atoms with Crippen LogP contribution in [0.5, 0.6) is 0 Å². The van der Waals surface area contributed by atoms with E-state index in [1.54, 1.807) is 12.1 Å². The van der Waals surface area contributed by atoms with Gasteiger partial charge >= 0.3 is 5.97 Å². The Bertz CT molecular complexity index is 743. The van der Waals surface area contributed by atoms with Crippen molar-refractivity contribution in [2.75, 3.05) is 18.2 Å². The molecule has 0 unspecified atom stereocenters. The summed E-state index contributed by atoms with van der Waals surface area (Å²) in [6, 6.07) is 13.2. The first-order valence-electron chi connectivity index (χ1n) is 7.61. The number of hydrogen-bond donors (Lipinski definition) is 1. The Labute approximate surface area is 146 Å². The summed E-state index contributed by atoms with van der Waals surface area (Å²) in [6.45, 7) is 4.00. The number of rotatable bonds is 6. The highest BCUT2D eigenvalue weighted by Gasteiger charge is 2.08. The summed E-state index contributed by atoms with van der Waals surface area (Å²) in [5, 5.41) is 2.93. The molecule has 0 heterocycles. The minimum atomic E-state index is -0.352. The molecule has 2 aromatic carbocycles. The van der Waals surface area contributed by atoms with E-state index in [9.17, 15) is 9.59 Å². The van der Waals surface area contributed by atoms with Gasteiger partial charge in [0.1, 0.15) is 0 Å². The highest BCUT2D eigenvalue weighted by molar-refractivity contribution is 7.99. The average Bonchev–Trinajstić information content (AvgIpc) is 2.57. The van der Waals surface area contributed by atoms with Crippen molar-refractivity contribution in [3.63, 3.8) is 0 Å². The summed E-state index contributed by atoms with van der Waals surface area (Å²) in [6.07, 6.45) is 0. The topological polar surface area (TPSA) is 55.4 Å². The third-order valence-corrected chi connectivity index (χ3v) is 4.51. The minimum Gasteiger partial charge on any atom is -0.465 e. The average molecular weight is 343 g/mol. The van der Waals surface area contributed by atoms with Gasteiger partial charge in [0.2, 0.25) is 5.91 Å². The fourth-order valence-electron chi connectivity index (χ4n) is 2.31. The lowest BCUT2D eigenvalue weighted by Crippen LogP contribution is -2.15. The first kappa shape index (κ1) is 18.1. The van der Waals surface area contributed by atoms with Crippen molar-refractivity contribution in [2.45, 2.75) is 19.6 Å². The van der Waals surface area contributed by atoms with E-state index >= 15 is 0 Å². The maximum Gasteiger partial charge on any atom is 0.337 e. The Morgan fingerprint density at radius 3 is 2.62 bits per heavy atom. The van der Waals surface area contributed by atoms with Gasteiger partial charge in [0, 0.05) is 11.4 Å². The van der Waals surface area contributed by atoms with Gasteiger partial charge in [-0.1, -0.05) is 29.8 Å². The molecule has 4 nitrogen and oxygen atoms in total. The van der Waals surface area contributed by atoms with E-state index in [1.165, 1.54) is 24.4 Å². The van der Waals surface area contributed by atoms with Gasteiger partial charge in [0.25, 0.3) is 0 Å². The van der Waals surface area contributed by atoms with E-state index in [4.69, 9.17) is 4.74 Å². The van der Waals surface area contributed by atoms with Gasteiger partial charge in [-0.05, 0) is 43.2 Å². The van der Waals surface area contributed by atoms with E-state index in [-0.39, 0.29) is 11.9 Å². The quantitative estimate of drug-likeness (QED) is 0.807. The lowest BCUT2D eigenvalue weighted by molar-refractivity contribution is -0.113. The molecule has 0 spiro atoms. The van der Waals surface area contributed by atoms with Gasteiger partial charge in [0.05, 0.1) is 18.4 Å². The van der Waals surface area contributed by atoms with Crippen LogP contribution in [0.3, 0.4) is 0 Å². The van der Waals surface area contributed by atoms with Crippen LogP contribution in [0.25, 0.3) is 0 Å². The van der Waals surface area contributed by atoms with Crippen molar-refractivity contribution in [1.82, 2.24) is 0 Å². The number of ether oxygens (including phenoxy) is 1. The highest BCUT2D eigenvalue weighted by Crippen LogP contribution is 2.18. The Morgan fingerprint density at radius 2 is 1.92 bits per heavy atom. The molecular formula is C19H21NO3S. The van der Waals surface area contributed by atoms with Crippen molar-refractivity contribution in [3.8, 4) is 0 Å². The van der Waals surface area contributed by atoms with Crippen LogP contribution in [-0.4, -0.2) is 24.7 Å². The van der Waals surface area contributed by atoms with E-state index in [2.05, 4.69) is 5.32 Å². The number of nitrogens with one attached hydrogen (secondary N) is 1. The number of amides is 1. The van der Waals surface area contributed by atoms with Gasteiger partial charge in [-0.3, -0.25) is 4.79 Å². The molecule has 0 aromatic heterocycles. The van der Waals surface area contributed by atoms with E-state index in [1.807, 2.05) is 44.2 Å². The highest BCUT2D eigenvalue weighted by atomic mass is 32.2. The van der Waals surface area contributed by atoms with Crippen LogP contribution < -0.4 is 5.32 Å². The molecule has 0 saturated carbocycles. The lowest BCUT2D eigenvalue weighted by Gasteiger charge is -2.09. The van der Waals surface area contributed by atoms with Crippen LogP contribution in [0.1, 0.15) is 27.0 Å². The summed E-state index contributed by atoms with van der Waals surface area (Å²) < 4.78 is 4.71. The fraction of sp³-hybridized carbons (Fsp3) is 0.263. The largest absolute Gasteiger partial charge is 0.465 e. The van der Waals surface area contributed by atoms with Crippen molar-refractivity contribution in [2.24, 2.45) is 0 Å². The summed E-state index contributed by atoms with van der Waals surface area (Å²) in [5.41, 5.74) is 4.58. The van der Waals surface area contributed by atoms with Crippen molar-refractivity contribution >= 4 is 29.3 Å².